The topological polar surface area (TPSA) is 29.0 Å². The second-order valence-corrected chi connectivity index (χ2v) is 5.28. The third-order valence-corrected chi connectivity index (χ3v) is 4.47. The third kappa shape index (κ3) is 2.71. The quantitative estimate of drug-likeness (QED) is 0.772. The first-order valence-corrected chi connectivity index (χ1v) is 6.79. The van der Waals surface area contributed by atoms with Crippen molar-refractivity contribution in [1.29, 1.82) is 0 Å². The van der Waals surface area contributed by atoms with Crippen LogP contribution in [0.5, 0.6) is 0 Å². The Morgan fingerprint density at radius 3 is 2.41 bits per heavy atom. The van der Waals surface area contributed by atoms with Crippen molar-refractivity contribution >= 4 is 17.4 Å². The average molecular weight is 254 g/mol. The molecule has 1 fully saturated rings. The molecule has 0 N–H and O–H groups in total. The van der Waals surface area contributed by atoms with Crippen LogP contribution in [0.3, 0.4) is 0 Å². The van der Waals surface area contributed by atoms with Crippen molar-refractivity contribution < 1.29 is 0 Å². The van der Waals surface area contributed by atoms with Gasteiger partial charge in [-0.2, -0.15) is 0 Å². The molecule has 0 spiro atoms. The molecule has 0 unspecified atom stereocenters. The molecule has 17 heavy (non-hydrogen) atoms. The molecule has 0 atom stereocenters. The molecule has 0 radical (unpaired) electrons. The van der Waals surface area contributed by atoms with Gasteiger partial charge in [0.2, 0.25) is 0 Å². The molecule has 2 heterocycles. The molecule has 0 aliphatic carbocycles. The fourth-order valence-electron chi connectivity index (χ4n) is 2.66. The van der Waals surface area contributed by atoms with Gasteiger partial charge in [-0.05, 0) is 18.3 Å². The Balaban J connectivity index is 2.04. The van der Waals surface area contributed by atoms with Gasteiger partial charge in [0.05, 0.1) is 0 Å². The Hall–Kier alpha value is -0.830. The number of rotatable bonds is 3. The second kappa shape index (κ2) is 5.21. The SMILES string of the molecule is CCC1(CC)CCN(c2cc(Cl)ncn2)CC1. The van der Waals surface area contributed by atoms with E-state index in [0.29, 0.717) is 10.6 Å². The fourth-order valence-corrected chi connectivity index (χ4v) is 2.81. The smallest absolute Gasteiger partial charge is 0.134 e. The first-order chi connectivity index (χ1) is 8.19. The minimum atomic E-state index is 0.526. The molecule has 1 aliphatic heterocycles. The van der Waals surface area contributed by atoms with Crippen LogP contribution >= 0.6 is 11.6 Å². The van der Waals surface area contributed by atoms with E-state index in [2.05, 4.69) is 28.7 Å². The summed E-state index contributed by atoms with van der Waals surface area (Å²) in [4.78, 5) is 10.5. The van der Waals surface area contributed by atoms with Gasteiger partial charge in [-0.3, -0.25) is 0 Å². The van der Waals surface area contributed by atoms with E-state index in [1.807, 2.05) is 6.07 Å². The van der Waals surface area contributed by atoms with Crippen LogP contribution in [-0.4, -0.2) is 23.1 Å². The van der Waals surface area contributed by atoms with E-state index < -0.39 is 0 Å². The van der Waals surface area contributed by atoms with E-state index >= 15 is 0 Å². The molecule has 3 nitrogen and oxygen atoms in total. The standard InChI is InChI=1S/C13H20ClN3/c1-3-13(4-2)5-7-17(8-6-13)12-9-11(14)15-10-16-12/h9-10H,3-8H2,1-2H3. The predicted octanol–water partition coefficient (Wildman–Crippen LogP) is 3.54. The summed E-state index contributed by atoms with van der Waals surface area (Å²) in [6.07, 6.45) is 6.60. The minimum absolute atomic E-state index is 0.526. The van der Waals surface area contributed by atoms with Gasteiger partial charge in [-0.15, -0.1) is 0 Å². The molecule has 4 heteroatoms. The second-order valence-electron chi connectivity index (χ2n) is 4.89. The lowest BCUT2D eigenvalue weighted by Gasteiger charge is -2.41. The number of hydrogen-bond acceptors (Lipinski definition) is 3. The van der Waals surface area contributed by atoms with Crippen LogP contribution < -0.4 is 4.90 Å². The van der Waals surface area contributed by atoms with E-state index in [9.17, 15) is 0 Å². The van der Waals surface area contributed by atoms with Crippen molar-refractivity contribution in [3.8, 4) is 0 Å². The lowest BCUT2D eigenvalue weighted by Crippen LogP contribution is -2.40. The van der Waals surface area contributed by atoms with Crippen LogP contribution in [0, 0.1) is 5.41 Å². The number of piperidine rings is 1. The summed E-state index contributed by atoms with van der Waals surface area (Å²) >= 11 is 5.90. The van der Waals surface area contributed by atoms with Crippen molar-refractivity contribution in [2.24, 2.45) is 5.41 Å². The maximum atomic E-state index is 5.90. The van der Waals surface area contributed by atoms with Gasteiger partial charge in [-0.25, -0.2) is 9.97 Å². The van der Waals surface area contributed by atoms with Gasteiger partial charge < -0.3 is 4.90 Å². The van der Waals surface area contributed by atoms with E-state index in [1.165, 1.54) is 25.7 Å². The average Bonchev–Trinajstić information content (AvgIpc) is 2.39. The number of halogens is 1. The number of hydrogen-bond donors (Lipinski definition) is 0. The van der Waals surface area contributed by atoms with Crippen molar-refractivity contribution in [3.05, 3.63) is 17.5 Å². The molecule has 0 amide bonds. The van der Waals surface area contributed by atoms with E-state index in [4.69, 9.17) is 11.6 Å². The molecule has 1 aromatic rings. The highest BCUT2D eigenvalue weighted by molar-refractivity contribution is 6.29. The number of nitrogens with zero attached hydrogens (tertiary/aromatic N) is 3. The van der Waals surface area contributed by atoms with Gasteiger partial charge in [0, 0.05) is 19.2 Å². The summed E-state index contributed by atoms with van der Waals surface area (Å²) in [5, 5.41) is 0.526. The summed E-state index contributed by atoms with van der Waals surface area (Å²) in [6, 6.07) is 1.85. The van der Waals surface area contributed by atoms with Gasteiger partial charge in [0.1, 0.15) is 17.3 Å². The lowest BCUT2D eigenvalue weighted by atomic mass is 9.74. The number of anilines is 1. The molecule has 1 aromatic heterocycles. The van der Waals surface area contributed by atoms with Crippen LogP contribution in [0.25, 0.3) is 0 Å². The minimum Gasteiger partial charge on any atom is -0.356 e. The molecule has 1 saturated heterocycles. The first kappa shape index (κ1) is 12.6. The highest BCUT2D eigenvalue weighted by Crippen LogP contribution is 2.38. The predicted molar refractivity (Wildman–Crippen MR) is 71.5 cm³/mol. The van der Waals surface area contributed by atoms with Crippen LogP contribution in [0.4, 0.5) is 5.82 Å². The lowest BCUT2D eigenvalue weighted by molar-refractivity contribution is 0.199. The van der Waals surface area contributed by atoms with E-state index in [1.54, 1.807) is 6.33 Å². The fraction of sp³-hybridized carbons (Fsp3) is 0.692. The Kier molecular flexibility index (Phi) is 3.87. The zero-order valence-electron chi connectivity index (χ0n) is 10.6. The number of aromatic nitrogens is 2. The van der Waals surface area contributed by atoms with Crippen molar-refractivity contribution in [2.45, 2.75) is 39.5 Å². The maximum Gasteiger partial charge on any atom is 0.134 e. The van der Waals surface area contributed by atoms with Gasteiger partial charge in [-0.1, -0.05) is 38.3 Å². The molecule has 0 bridgehead atoms. The van der Waals surface area contributed by atoms with Crippen molar-refractivity contribution in [1.82, 2.24) is 9.97 Å². The summed E-state index contributed by atoms with van der Waals surface area (Å²) in [7, 11) is 0. The maximum absolute atomic E-state index is 5.90. The summed E-state index contributed by atoms with van der Waals surface area (Å²) in [6.45, 7) is 6.77. The Morgan fingerprint density at radius 2 is 1.88 bits per heavy atom. The molecule has 0 aromatic carbocycles. The molecule has 94 valence electrons. The van der Waals surface area contributed by atoms with E-state index in [-0.39, 0.29) is 0 Å². The first-order valence-electron chi connectivity index (χ1n) is 6.41. The Labute approximate surface area is 108 Å². The Bertz CT molecular complexity index is 367. The van der Waals surface area contributed by atoms with Gasteiger partial charge in [0.25, 0.3) is 0 Å². The molecule has 0 saturated carbocycles. The van der Waals surface area contributed by atoms with Crippen molar-refractivity contribution in [2.75, 3.05) is 18.0 Å². The molecule has 1 aliphatic rings. The highest BCUT2D eigenvalue weighted by Gasteiger charge is 2.31. The highest BCUT2D eigenvalue weighted by atomic mass is 35.5. The zero-order chi connectivity index (χ0) is 12.3. The zero-order valence-corrected chi connectivity index (χ0v) is 11.4. The van der Waals surface area contributed by atoms with Crippen LogP contribution in [0.2, 0.25) is 5.15 Å². The van der Waals surface area contributed by atoms with Crippen LogP contribution in [-0.2, 0) is 0 Å². The van der Waals surface area contributed by atoms with Gasteiger partial charge in [0.15, 0.2) is 0 Å². The summed E-state index contributed by atoms with van der Waals surface area (Å²) < 4.78 is 0. The van der Waals surface area contributed by atoms with Crippen molar-refractivity contribution in [3.63, 3.8) is 0 Å². The van der Waals surface area contributed by atoms with E-state index in [0.717, 1.165) is 18.9 Å². The Morgan fingerprint density at radius 1 is 1.24 bits per heavy atom. The molecule has 2 rings (SSSR count). The van der Waals surface area contributed by atoms with Gasteiger partial charge >= 0.3 is 0 Å². The normalized spacial score (nSPS) is 19.4. The summed E-state index contributed by atoms with van der Waals surface area (Å²) in [5.74, 6) is 0.964. The largest absolute Gasteiger partial charge is 0.356 e. The third-order valence-electron chi connectivity index (χ3n) is 4.27. The van der Waals surface area contributed by atoms with Crippen LogP contribution in [0.1, 0.15) is 39.5 Å². The van der Waals surface area contributed by atoms with Crippen LogP contribution in [0.15, 0.2) is 12.4 Å². The monoisotopic (exact) mass is 253 g/mol. The molecular weight excluding hydrogens is 234 g/mol. The molecular formula is C13H20ClN3. The summed E-state index contributed by atoms with van der Waals surface area (Å²) in [5.41, 5.74) is 0.549.